The van der Waals surface area contributed by atoms with E-state index in [-0.39, 0.29) is 0 Å². The average molecular weight is 269 g/mol. The van der Waals surface area contributed by atoms with Crippen molar-refractivity contribution in [3.8, 4) is 5.75 Å². The molecule has 0 aliphatic rings. The molecule has 1 atom stereocenters. The zero-order chi connectivity index (χ0) is 13.1. The van der Waals surface area contributed by atoms with Crippen LogP contribution in [-0.4, -0.2) is 6.61 Å². The normalized spacial score (nSPS) is 11.3. The van der Waals surface area contributed by atoms with Crippen molar-refractivity contribution in [3.63, 3.8) is 0 Å². The first kappa shape index (κ1) is 15.1. The lowest BCUT2D eigenvalue weighted by Crippen LogP contribution is -1.91. The van der Waals surface area contributed by atoms with Gasteiger partial charge in [0.25, 0.3) is 0 Å². The fourth-order valence-corrected chi connectivity index (χ4v) is 2.24. The van der Waals surface area contributed by atoms with Crippen molar-refractivity contribution in [1.29, 1.82) is 0 Å². The molecule has 0 fully saturated rings. The molecule has 0 heterocycles. The van der Waals surface area contributed by atoms with Crippen molar-refractivity contribution < 1.29 is 13.6 Å². The first-order chi connectivity index (χ1) is 8.83. The Morgan fingerprint density at radius 1 is 1.00 bits per heavy atom. The highest BCUT2D eigenvalue weighted by molar-refractivity contribution is 7.33. The molecule has 1 rings (SSSR count). The minimum atomic E-state index is -2.03. The Hall–Kier alpha value is -0.920. The summed E-state index contributed by atoms with van der Waals surface area (Å²) in [5, 5.41) is 0. The third-order valence-electron chi connectivity index (χ3n) is 2.62. The van der Waals surface area contributed by atoms with Gasteiger partial charge in [0.2, 0.25) is 0 Å². The predicted molar refractivity (Wildman–Crippen MR) is 74.0 cm³/mol. The highest BCUT2D eigenvalue weighted by Crippen LogP contribution is 2.27. The summed E-state index contributed by atoms with van der Waals surface area (Å²) in [6, 6.07) is 9.10. The summed E-state index contributed by atoms with van der Waals surface area (Å²) in [6.07, 6.45) is 7.15. The van der Waals surface area contributed by atoms with Crippen LogP contribution in [0.1, 0.15) is 45.4 Å². The smallest absolute Gasteiger partial charge is 0.229 e. The van der Waals surface area contributed by atoms with Gasteiger partial charge in [0.15, 0.2) is 5.75 Å². The molecule has 0 aliphatic heterocycles. The molecule has 0 saturated heterocycles. The number of para-hydroxylation sites is 1. The van der Waals surface area contributed by atoms with Gasteiger partial charge in [-0.3, -0.25) is 0 Å². The number of unbranched alkanes of at least 4 members (excludes halogenated alkanes) is 5. The van der Waals surface area contributed by atoms with Crippen LogP contribution in [0.5, 0.6) is 5.75 Å². The molecule has 1 aromatic rings. The van der Waals surface area contributed by atoms with Gasteiger partial charge in [0.1, 0.15) is 6.61 Å². The number of rotatable bonds is 10. The zero-order valence-corrected chi connectivity index (χ0v) is 11.9. The Balaban J connectivity index is 2.00. The fourth-order valence-electron chi connectivity index (χ4n) is 1.62. The lowest BCUT2D eigenvalue weighted by molar-refractivity contribution is 0.277. The molecule has 0 radical (unpaired) electrons. The van der Waals surface area contributed by atoms with E-state index in [1.165, 1.54) is 25.7 Å². The molecular formula is C14H22O3P+. The Kier molecular flexibility index (Phi) is 8.45. The first-order valence-electron chi connectivity index (χ1n) is 6.66. The van der Waals surface area contributed by atoms with Gasteiger partial charge in [-0.05, 0) is 18.6 Å². The lowest BCUT2D eigenvalue weighted by atomic mass is 10.1. The Morgan fingerprint density at radius 3 is 2.39 bits per heavy atom. The molecule has 0 bridgehead atoms. The summed E-state index contributed by atoms with van der Waals surface area (Å²) < 4.78 is 21.7. The standard InChI is InChI=1S/C14H22O3P/c1-2-3-4-5-6-10-13-16-18(15)17-14-11-8-7-9-12-14/h7-9,11-12H,2-6,10,13H2,1H3/q+1. The summed E-state index contributed by atoms with van der Waals surface area (Å²) in [6.45, 7) is 2.71. The molecule has 1 aromatic carbocycles. The largest absolute Gasteiger partial charge is 0.750 e. The molecule has 0 saturated carbocycles. The van der Waals surface area contributed by atoms with Crippen molar-refractivity contribution in [1.82, 2.24) is 0 Å². The van der Waals surface area contributed by atoms with E-state index < -0.39 is 8.25 Å². The van der Waals surface area contributed by atoms with E-state index in [2.05, 4.69) is 6.92 Å². The Bertz CT molecular complexity index is 327. The Labute approximate surface area is 110 Å². The third kappa shape index (κ3) is 7.41. The van der Waals surface area contributed by atoms with Gasteiger partial charge in [-0.25, -0.2) is 4.52 Å². The molecular weight excluding hydrogens is 247 g/mol. The van der Waals surface area contributed by atoms with Gasteiger partial charge in [-0.15, -0.1) is 4.52 Å². The summed E-state index contributed by atoms with van der Waals surface area (Å²) in [5.41, 5.74) is 0. The quantitative estimate of drug-likeness (QED) is 0.438. The molecule has 4 heteroatoms. The fraction of sp³-hybridized carbons (Fsp3) is 0.571. The summed E-state index contributed by atoms with van der Waals surface area (Å²) in [7, 11) is -2.03. The molecule has 0 aromatic heterocycles. The van der Waals surface area contributed by atoms with E-state index >= 15 is 0 Å². The van der Waals surface area contributed by atoms with Crippen LogP contribution < -0.4 is 4.52 Å². The number of benzene rings is 1. The van der Waals surface area contributed by atoms with Gasteiger partial charge in [0, 0.05) is 4.57 Å². The van der Waals surface area contributed by atoms with E-state index in [0.29, 0.717) is 12.4 Å². The molecule has 3 nitrogen and oxygen atoms in total. The minimum Gasteiger partial charge on any atom is -0.229 e. The Morgan fingerprint density at radius 2 is 1.67 bits per heavy atom. The molecule has 0 spiro atoms. The van der Waals surface area contributed by atoms with E-state index in [9.17, 15) is 4.57 Å². The molecule has 0 N–H and O–H groups in total. The SMILES string of the molecule is CCCCCCCCO[P+](=O)Oc1ccccc1. The highest BCUT2D eigenvalue weighted by atomic mass is 31.1. The van der Waals surface area contributed by atoms with Gasteiger partial charge in [-0.1, -0.05) is 57.2 Å². The summed E-state index contributed by atoms with van der Waals surface area (Å²) in [4.78, 5) is 0. The molecule has 0 amide bonds. The van der Waals surface area contributed by atoms with Crippen LogP contribution in [0, 0.1) is 0 Å². The van der Waals surface area contributed by atoms with Crippen LogP contribution in [0.2, 0.25) is 0 Å². The maximum Gasteiger partial charge on any atom is 0.750 e. The van der Waals surface area contributed by atoms with Crippen LogP contribution in [-0.2, 0) is 9.09 Å². The highest BCUT2D eigenvalue weighted by Gasteiger charge is 2.21. The predicted octanol–water partition coefficient (Wildman–Crippen LogP) is 5.10. The van der Waals surface area contributed by atoms with Crippen molar-refractivity contribution in [2.24, 2.45) is 0 Å². The second kappa shape index (κ2) is 10.0. The van der Waals surface area contributed by atoms with E-state index in [1.807, 2.05) is 18.2 Å². The molecule has 1 unspecified atom stereocenters. The van der Waals surface area contributed by atoms with E-state index in [1.54, 1.807) is 12.1 Å². The van der Waals surface area contributed by atoms with Crippen molar-refractivity contribution >= 4 is 8.25 Å². The van der Waals surface area contributed by atoms with Crippen LogP contribution in [0.4, 0.5) is 0 Å². The summed E-state index contributed by atoms with van der Waals surface area (Å²) >= 11 is 0. The molecule has 0 aliphatic carbocycles. The third-order valence-corrected chi connectivity index (χ3v) is 3.37. The van der Waals surface area contributed by atoms with Crippen LogP contribution in [0.25, 0.3) is 0 Å². The maximum absolute atomic E-state index is 11.5. The lowest BCUT2D eigenvalue weighted by Gasteiger charge is -1.97. The van der Waals surface area contributed by atoms with Gasteiger partial charge >= 0.3 is 8.25 Å². The van der Waals surface area contributed by atoms with Gasteiger partial charge in [-0.2, -0.15) is 0 Å². The first-order valence-corrected chi connectivity index (χ1v) is 7.75. The molecule has 100 valence electrons. The molecule has 18 heavy (non-hydrogen) atoms. The minimum absolute atomic E-state index is 0.508. The van der Waals surface area contributed by atoms with Gasteiger partial charge in [0.05, 0.1) is 0 Å². The second-order valence-corrected chi connectivity index (χ2v) is 5.12. The van der Waals surface area contributed by atoms with Crippen LogP contribution >= 0.6 is 8.25 Å². The van der Waals surface area contributed by atoms with Crippen molar-refractivity contribution in [2.75, 3.05) is 6.61 Å². The second-order valence-electron chi connectivity index (χ2n) is 4.23. The summed E-state index contributed by atoms with van der Waals surface area (Å²) in [5.74, 6) is 0.585. The maximum atomic E-state index is 11.5. The van der Waals surface area contributed by atoms with E-state index in [4.69, 9.17) is 9.05 Å². The van der Waals surface area contributed by atoms with E-state index in [0.717, 1.165) is 12.8 Å². The topological polar surface area (TPSA) is 35.5 Å². The monoisotopic (exact) mass is 269 g/mol. The van der Waals surface area contributed by atoms with Gasteiger partial charge < -0.3 is 0 Å². The number of hydrogen-bond acceptors (Lipinski definition) is 3. The van der Waals surface area contributed by atoms with Crippen LogP contribution in [0.15, 0.2) is 30.3 Å². The average Bonchev–Trinajstić information content (AvgIpc) is 2.39. The number of hydrogen-bond donors (Lipinski definition) is 0. The van der Waals surface area contributed by atoms with Crippen molar-refractivity contribution in [3.05, 3.63) is 30.3 Å². The zero-order valence-electron chi connectivity index (χ0n) is 11.0. The van der Waals surface area contributed by atoms with Crippen LogP contribution in [0.3, 0.4) is 0 Å². The van der Waals surface area contributed by atoms with Crippen molar-refractivity contribution in [2.45, 2.75) is 45.4 Å².